The number of pyridine rings is 1. The van der Waals surface area contributed by atoms with Gasteiger partial charge in [0.15, 0.2) is 0 Å². The van der Waals surface area contributed by atoms with E-state index in [-0.39, 0.29) is 6.10 Å². The van der Waals surface area contributed by atoms with E-state index in [0.29, 0.717) is 17.8 Å². The van der Waals surface area contributed by atoms with Gasteiger partial charge in [-0.1, -0.05) is 0 Å². The second kappa shape index (κ2) is 7.53. The van der Waals surface area contributed by atoms with Crippen LogP contribution in [0.15, 0.2) is 43.0 Å². The third-order valence-electron chi connectivity index (χ3n) is 5.43. The van der Waals surface area contributed by atoms with Crippen LogP contribution in [-0.4, -0.2) is 50.3 Å². The highest BCUT2D eigenvalue weighted by molar-refractivity contribution is 6.02. The van der Waals surface area contributed by atoms with Crippen molar-refractivity contribution in [2.75, 3.05) is 29.9 Å². The summed E-state index contributed by atoms with van der Waals surface area (Å²) in [7, 11) is 0. The van der Waals surface area contributed by atoms with Gasteiger partial charge >= 0.3 is 0 Å². The molecule has 8 nitrogen and oxygen atoms in total. The normalized spacial score (nSPS) is 17.2. The number of nitrogens with zero attached hydrogens (tertiary/aromatic N) is 6. The first kappa shape index (κ1) is 18.7. The lowest BCUT2D eigenvalue weighted by Gasteiger charge is -2.32. The van der Waals surface area contributed by atoms with Gasteiger partial charge in [-0.2, -0.15) is 0 Å². The highest BCUT2D eigenvalue weighted by Gasteiger charge is 2.17. The number of aromatic nitrogens is 5. The zero-order valence-corrected chi connectivity index (χ0v) is 17.4. The van der Waals surface area contributed by atoms with Crippen molar-refractivity contribution >= 4 is 39.4 Å². The van der Waals surface area contributed by atoms with E-state index < -0.39 is 0 Å². The molecule has 0 spiro atoms. The standard InChI is InChI=1S/C22H25N7O/c1-14(2)29-13-25-18-6-4-16-10-24-22(27-20(16)21(18)29)26-19-7-5-17(11-23-19)28-8-9-30-15(3)12-28/h4-7,10-11,13-15H,8-9,12H2,1-3H3,(H,23,24,26,27). The summed E-state index contributed by atoms with van der Waals surface area (Å²) in [6.45, 7) is 8.87. The number of rotatable bonds is 4. The Hall–Kier alpha value is -3.26. The fraction of sp³-hybridized carbons (Fsp3) is 0.364. The molecule has 1 aliphatic heterocycles. The summed E-state index contributed by atoms with van der Waals surface area (Å²) in [5.74, 6) is 1.23. The average Bonchev–Trinajstić information content (AvgIpc) is 3.19. The topological polar surface area (TPSA) is 81.0 Å². The zero-order chi connectivity index (χ0) is 20.7. The van der Waals surface area contributed by atoms with Gasteiger partial charge in [-0.15, -0.1) is 0 Å². The molecule has 0 amide bonds. The molecule has 0 saturated carbocycles. The number of ether oxygens (including phenoxy) is 1. The second-order valence-corrected chi connectivity index (χ2v) is 7.96. The molecule has 1 N–H and O–H groups in total. The van der Waals surface area contributed by atoms with Crippen LogP contribution >= 0.6 is 0 Å². The molecule has 4 aromatic rings. The third-order valence-corrected chi connectivity index (χ3v) is 5.43. The molecule has 1 fully saturated rings. The van der Waals surface area contributed by atoms with E-state index in [1.54, 1.807) is 0 Å². The minimum Gasteiger partial charge on any atom is -0.375 e. The molecule has 154 valence electrons. The van der Waals surface area contributed by atoms with Gasteiger partial charge in [-0.3, -0.25) is 0 Å². The first-order valence-corrected chi connectivity index (χ1v) is 10.3. The number of benzene rings is 1. The minimum absolute atomic E-state index is 0.235. The summed E-state index contributed by atoms with van der Waals surface area (Å²) in [5, 5.41) is 4.22. The second-order valence-electron chi connectivity index (χ2n) is 7.96. The van der Waals surface area contributed by atoms with Crippen molar-refractivity contribution < 1.29 is 4.74 Å². The Balaban J connectivity index is 1.44. The molecular formula is C22H25N7O. The van der Waals surface area contributed by atoms with Crippen LogP contribution in [0.1, 0.15) is 26.8 Å². The highest BCUT2D eigenvalue weighted by Crippen LogP contribution is 2.27. The van der Waals surface area contributed by atoms with Gasteiger partial charge in [0.1, 0.15) is 11.3 Å². The van der Waals surface area contributed by atoms with Crippen LogP contribution in [0.5, 0.6) is 0 Å². The monoisotopic (exact) mass is 403 g/mol. The number of hydrogen-bond acceptors (Lipinski definition) is 7. The predicted molar refractivity (Wildman–Crippen MR) is 118 cm³/mol. The SMILES string of the molecule is CC1CN(c2ccc(Nc3ncc4ccc5ncn(C(C)C)c5c4n3)nc2)CCO1. The lowest BCUT2D eigenvalue weighted by molar-refractivity contribution is 0.0532. The van der Waals surface area contributed by atoms with E-state index in [1.165, 1.54) is 0 Å². The molecule has 1 atom stereocenters. The lowest BCUT2D eigenvalue weighted by atomic mass is 10.2. The fourth-order valence-corrected chi connectivity index (χ4v) is 3.88. The van der Waals surface area contributed by atoms with Crippen molar-refractivity contribution in [1.82, 2.24) is 24.5 Å². The number of imidazole rings is 1. The van der Waals surface area contributed by atoms with Crippen molar-refractivity contribution in [1.29, 1.82) is 0 Å². The van der Waals surface area contributed by atoms with Crippen molar-refractivity contribution in [2.45, 2.75) is 32.9 Å². The molecule has 30 heavy (non-hydrogen) atoms. The van der Waals surface area contributed by atoms with Crippen molar-refractivity contribution in [3.05, 3.63) is 43.0 Å². The van der Waals surface area contributed by atoms with Gasteiger partial charge in [-0.25, -0.2) is 19.9 Å². The van der Waals surface area contributed by atoms with E-state index in [1.807, 2.05) is 36.9 Å². The molecule has 3 aromatic heterocycles. The molecule has 5 rings (SSSR count). The van der Waals surface area contributed by atoms with Crippen LogP contribution in [-0.2, 0) is 4.74 Å². The van der Waals surface area contributed by atoms with E-state index in [9.17, 15) is 0 Å². The van der Waals surface area contributed by atoms with Crippen LogP contribution in [0.3, 0.4) is 0 Å². The summed E-state index contributed by atoms with van der Waals surface area (Å²) in [4.78, 5) is 20.6. The largest absolute Gasteiger partial charge is 0.375 e. The smallest absolute Gasteiger partial charge is 0.228 e. The molecule has 4 heterocycles. The molecule has 0 aliphatic carbocycles. The molecule has 1 aliphatic rings. The summed E-state index contributed by atoms with van der Waals surface area (Å²) in [6.07, 6.45) is 5.83. The number of anilines is 3. The van der Waals surface area contributed by atoms with Gasteiger partial charge in [0.05, 0.1) is 42.0 Å². The first-order chi connectivity index (χ1) is 14.6. The Labute approximate surface area is 174 Å². The van der Waals surface area contributed by atoms with Crippen molar-refractivity contribution in [3.8, 4) is 0 Å². The Bertz CT molecular complexity index is 1190. The zero-order valence-electron chi connectivity index (χ0n) is 17.4. The Kier molecular flexibility index (Phi) is 4.71. The maximum Gasteiger partial charge on any atom is 0.228 e. The summed E-state index contributed by atoms with van der Waals surface area (Å²) in [5.41, 5.74) is 3.94. The Morgan fingerprint density at radius 3 is 2.77 bits per heavy atom. The maximum absolute atomic E-state index is 5.62. The van der Waals surface area contributed by atoms with E-state index >= 15 is 0 Å². The van der Waals surface area contributed by atoms with E-state index in [0.717, 1.165) is 47.3 Å². The van der Waals surface area contributed by atoms with Crippen LogP contribution in [0.4, 0.5) is 17.5 Å². The van der Waals surface area contributed by atoms with Gasteiger partial charge in [0.25, 0.3) is 0 Å². The van der Waals surface area contributed by atoms with Crippen molar-refractivity contribution in [3.63, 3.8) is 0 Å². The van der Waals surface area contributed by atoms with Gasteiger partial charge < -0.3 is 19.5 Å². The molecule has 8 heteroatoms. The molecule has 1 saturated heterocycles. The number of nitrogens with one attached hydrogen (secondary N) is 1. The van der Waals surface area contributed by atoms with E-state index in [2.05, 4.69) is 56.6 Å². The van der Waals surface area contributed by atoms with Crippen LogP contribution in [0, 0.1) is 0 Å². The fourth-order valence-electron chi connectivity index (χ4n) is 3.88. The van der Waals surface area contributed by atoms with Crippen LogP contribution < -0.4 is 10.2 Å². The number of morpholine rings is 1. The van der Waals surface area contributed by atoms with E-state index in [4.69, 9.17) is 9.72 Å². The average molecular weight is 403 g/mol. The number of hydrogen-bond donors (Lipinski definition) is 1. The number of fused-ring (bicyclic) bond motifs is 3. The molecule has 1 aromatic carbocycles. The quantitative estimate of drug-likeness (QED) is 0.553. The Morgan fingerprint density at radius 1 is 1.10 bits per heavy atom. The van der Waals surface area contributed by atoms with Crippen LogP contribution in [0.25, 0.3) is 21.9 Å². The predicted octanol–water partition coefficient (Wildman–Crippen LogP) is 3.92. The summed E-state index contributed by atoms with van der Waals surface area (Å²) >= 11 is 0. The van der Waals surface area contributed by atoms with Gasteiger partial charge in [0, 0.05) is 30.7 Å². The molecule has 1 unspecified atom stereocenters. The Morgan fingerprint density at radius 2 is 2.00 bits per heavy atom. The minimum atomic E-state index is 0.235. The highest BCUT2D eigenvalue weighted by atomic mass is 16.5. The van der Waals surface area contributed by atoms with Gasteiger partial charge in [0.2, 0.25) is 5.95 Å². The van der Waals surface area contributed by atoms with Crippen molar-refractivity contribution in [2.24, 2.45) is 0 Å². The third kappa shape index (κ3) is 3.43. The van der Waals surface area contributed by atoms with Gasteiger partial charge in [-0.05, 0) is 45.0 Å². The summed E-state index contributed by atoms with van der Waals surface area (Å²) in [6, 6.07) is 8.35. The van der Waals surface area contributed by atoms with Crippen LogP contribution in [0.2, 0.25) is 0 Å². The summed E-state index contributed by atoms with van der Waals surface area (Å²) < 4.78 is 7.76. The molecule has 0 radical (unpaired) electrons. The maximum atomic E-state index is 5.62. The first-order valence-electron chi connectivity index (χ1n) is 10.3. The molecule has 0 bridgehead atoms. The lowest BCUT2D eigenvalue weighted by Crippen LogP contribution is -2.41. The molecular weight excluding hydrogens is 378 g/mol.